The molecule has 0 heterocycles. The van der Waals surface area contributed by atoms with Gasteiger partial charge in [0.15, 0.2) is 0 Å². The van der Waals surface area contributed by atoms with E-state index in [0.29, 0.717) is 0 Å². The molecule has 0 spiro atoms. The van der Waals surface area contributed by atoms with E-state index in [0.717, 1.165) is 0 Å². The third-order valence-electron chi connectivity index (χ3n) is 0.990. The average Bonchev–Trinajstić information content (AvgIpc) is 1.76. The van der Waals surface area contributed by atoms with Gasteiger partial charge in [0.2, 0.25) is 0 Å². The summed E-state index contributed by atoms with van der Waals surface area (Å²) in [4.78, 5) is 0. The Morgan fingerprint density at radius 1 is 0.643 bits per heavy atom. The molecule has 0 aliphatic heterocycles. The van der Waals surface area contributed by atoms with E-state index in [1.54, 1.807) is 12.4 Å². The molecule has 0 fully saturated rings. The molecule has 0 unspecified atom stereocenters. The summed E-state index contributed by atoms with van der Waals surface area (Å²) < 4.78 is 0. The van der Waals surface area contributed by atoms with Gasteiger partial charge in [-0.2, -0.15) is 0 Å². The van der Waals surface area contributed by atoms with Crippen LogP contribution in [0.5, 0.6) is 0 Å². The normalized spacial score (nSPS) is 11.6. The minimum atomic E-state index is 0. The van der Waals surface area contributed by atoms with E-state index in [9.17, 15) is 0 Å². The largest absolute Gasteiger partial charge is 1.00 e. The van der Waals surface area contributed by atoms with Crippen LogP contribution >= 0.6 is 0 Å². The molecule has 0 atom stereocenters. The van der Waals surface area contributed by atoms with Crippen molar-refractivity contribution < 1.29 is 59.1 Å². The minimum Gasteiger partial charge on any atom is -0.687 e. The smallest absolute Gasteiger partial charge is 0.687 e. The van der Waals surface area contributed by atoms with E-state index in [1.807, 2.05) is 0 Å². The molecule has 0 aliphatic carbocycles. The third kappa shape index (κ3) is 19.0. The van der Waals surface area contributed by atoms with Crippen molar-refractivity contribution in [3.05, 3.63) is 23.0 Å². The van der Waals surface area contributed by atoms with Gasteiger partial charge in [-0.25, -0.2) is 12.4 Å². The number of rotatable bonds is 2. The molecule has 0 aromatic heterocycles. The average molecular weight is 214 g/mol. The van der Waals surface area contributed by atoms with Crippen LogP contribution in [0.25, 0.3) is 10.6 Å². The molecule has 0 saturated heterocycles. The molecule has 0 bridgehead atoms. The first-order valence-corrected chi connectivity index (χ1v) is 4.30. The Morgan fingerprint density at radius 3 is 1.00 bits per heavy atom. The van der Waals surface area contributed by atoms with Crippen molar-refractivity contribution in [3.8, 4) is 0 Å². The zero-order chi connectivity index (χ0) is 9.83. The van der Waals surface area contributed by atoms with Gasteiger partial charge in [0.1, 0.15) is 0 Å². The van der Waals surface area contributed by atoms with Gasteiger partial charge >= 0.3 is 59.1 Å². The Bertz CT molecular complexity index is 136. The van der Waals surface area contributed by atoms with Crippen molar-refractivity contribution >= 4 is 0 Å². The maximum Gasteiger partial charge on any atom is 1.00 e. The number of hydrogen-bond acceptors (Lipinski definition) is 0. The predicted octanol–water partition coefficient (Wildman–Crippen LogP) is -2.19. The summed E-state index contributed by atoms with van der Waals surface area (Å²) in [5.74, 6) is 0. The maximum atomic E-state index is 4.29. The molecule has 72 valence electrons. The summed E-state index contributed by atoms with van der Waals surface area (Å²) in [6.07, 6.45) is 3.54. The molecule has 4 heteroatoms. The molecular formula is C10H20N2Na2. The monoisotopic (exact) mass is 214 g/mol. The van der Waals surface area contributed by atoms with E-state index in [2.05, 4.69) is 52.2 Å². The van der Waals surface area contributed by atoms with Crippen LogP contribution in [0.2, 0.25) is 0 Å². The van der Waals surface area contributed by atoms with Gasteiger partial charge in [-0.15, -0.1) is 11.1 Å². The Balaban J connectivity index is -0.000000605. The van der Waals surface area contributed by atoms with Crippen LogP contribution in [0.15, 0.2) is 12.4 Å². The van der Waals surface area contributed by atoms with Gasteiger partial charge in [0, 0.05) is 0 Å². The predicted molar refractivity (Wildman–Crippen MR) is 55.4 cm³/mol. The second kappa shape index (κ2) is 8.49. The first-order chi connectivity index (χ1) is 5.21. The fourth-order valence-electron chi connectivity index (χ4n) is 0.514. The third-order valence-corrected chi connectivity index (χ3v) is 0.990. The maximum absolute atomic E-state index is 4.29. The fourth-order valence-corrected chi connectivity index (χ4v) is 0.514. The van der Waals surface area contributed by atoms with Gasteiger partial charge in [-0.3, -0.25) is 0 Å². The van der Waals surface area contributed by atoms with Crippen molar-refractivity contribution in [1.29, 1.82) is 0 Å². The van der Waals surface area contributed by atoms with Crippen molar-refractivity contribution in [2.45, 2.75) is 52.6 Å². The molecule has 14 heavy (non-hydrogen) atoms. The summed E-state index contributed by atoms with van der Waals surface area (Å²) in [6, 6.07) is 0. The van der Waals surface area contributed by atoms with E-state index in [4.69, 9.17) is 0 Å². The van der Waals surface area contributed by atoms with Gasteiger partial charge < -0.3 is 10.6 Å². The van der Waals surface area contributed by atoms with Crippen LogP contribution in [0.1, 0.15) is 41.5 Å². The summed E-state index contributed by atoms with van der Waals surface area (Å²) in [6.45, 7) is 12.4. The fraction of sp³-hybridized carbons (Fsp3) is 0.800. The molecule has 0 radical (unpaired) electrons. The van der Waals surface area contributed by atoms with Crippen LogP contribution in [0.4, 0.5) is 0 Å². The van der Waals surface area contributed by atoms with Crippen LogP contribution in [0.3, 0.4) is 0 Å². The summed E-state index contributed by atoms with van der Waals surface area (Å²) in [5.41, 5.74) is 0.00775. The van der Waals surface area contributed by atoms with E-state index in [-0.39, 0.29) is 70.2 Å². The van der Waals surface area contributed by atoms with Gasteiger partial charge in [-0.1, -0.05) is 41.5 Å². The Labute approximate surface area is 133 Å². The molecule has 0 amide bonds. The quantitative estimate of drug-likeness (QED) is 0.467. The van der Waals surface area contributed by atoms with Crippen LogP contribution in [0, 0.1) is 0 Å². The molecular weight excluding hydrogens is 194 g/mol. The van der Waals surface area contributed by atoms with Gasteiger partial charge in [0.25, 0.3) is 0 Å². The molecule has 0 aromatic carbocycles. The molecule has 0 saturated carbocycles. The number of hydrogen-bond donors (Lipinski definition) is 0. The summed E-state index contributed by atoms with van der Waals surface area (Å²) in [7, 11) is 0. The van der Waals surface area contributed by atoms with Crippen molar-refractivity contribution in [3.63, 3.8) is 0 Å². The molecule has 0 rings (SSSR count). The standard InChI is InChI=1S/C10H20N2.2Na/c1-9(2,3)11-7-8-12-10(4,5)6;;/h7-8H,1-6H3;;/q-2;2*+1. The Kier molecular flexibility index (Phi) is 12.6. The molecule has 0 N–H and O–H groups in total. The van der Waals surface area contributed by atoms with Crippen LogP contribution in [-0.2, 0) is 0 Å². The number of nitrogens with zero attached hydrogens (tertiary/aromatic N) is 2. The molecule has 2 nitrogen and oxygen atoms in total. The Hall–Kier alpha value is 1.34. The second-order valence-corrected chi connectivity index (χ2v) is 4.90. The zero-order valence-electron chi connectivity index (χ0n) is 11.0. The minimum absolute atomic E-state index is 0. The molecule has 0 aliphatic rings. The van der Waals surface area contributed by atoms with Gasteiger partial charge in [0.05, 0.1) is 0 Å². The molecule has 0 aromatic rings. The van der Waals surface area contributed by atoms with Crippen LogP contribution in [-0.4, -0.2) is 11.1 Å². The Morgan fingerprint density at radius 2 is 0.857 bits per heavy atom. The van der Waals surface area contributed by atoms with Crippen molar-refractivity contribution in [1.82, 2.24) is 0 Å². The van der Waals surface area contributed by atoms with E-state index < -0.39 is 0 Å². The van der Waals surface area contributed by atoms with E-state index in [1.165, 1.54) is 0 Å². The first kappa shape index (κ1) is 20.7. The SMILES string of the molecule is CC(C)(C)[N-]C=C[N-]C(C)(C)C.[Na+].[Na+]. The van der Waals surface area contributed by atoms with Crippen molar-refractivity contribution in [2.75, 3.05) is 0 Å². The first-order valence-electron chi connectivity index (χ1n) is 4.30. The zero-order valence-corrected chi connectivity index (χ0v) is 15.0. The van der Waals surface area contributed by atoms with E-state index >= 15 is 0 Å². The summed E-state index contributed by atoms with van der Waals surface area (Å²) in [5, 5.41) is 8.57. The van der Waals surface area contributed by atoms with Crippen LogP contribution < -0.4 is 59.1 Å². The van der Waals surface area contributed by atoms with Gasteiger partial charge in [-0.05, 0) is 0 Å². The van der Waals surface area contributed by atoms with Crippen molar-refractivity contribution in [2.24, 2.45) is 0 Å². The topological polar surface area (TPSA) is 28.2 Å². The second-order valence-electron chi connectivity index (χ2n) is 4.90. The summed E-state index contributed by atoms with van der Waals surface area (Å²) >= 11 is 0.